The summed E-state index contributed by atoms with van der Waals surface area (Å²) in [6.45, 7) is 16.3. The molecule has 1 aliphatic carbocycles. The smallest absolute Gasteiger partial charge is 0.316 e. The first-order valence-corrected chi connectivity index (χ1v) is 23.2. The van der Waals surface area contributed by atoms with E-state index in [1.807, 2.05) is 19.1 Å². The van der Waals surface area contributed by atoms with Crippen LogP contribution in [0.2, 0.25) is 0 Å². The normalized spacial score (nSPS) is 49.4. The van der Waals surface area contributed by atoms with Crippen LogP contribution < -0.4 is 0 Å². The van der Waals surface area contributed by atoms with Gasteiger partial charge in [0, 0.05) is 52.2 Å². The molecule has 6 heterocycles. The molecule has 14 heteroatoms. The van der Waals surface area contributed by atoms with Crippen LogP contribution in [0, 0.1) is 23.7 Å². The van der Waals surface area contributed by atoms with E-state index >= 15 is 0 Å². The molecule has 7 aliphatic rings. The molecule has 350 valence electrons. The molecule has 1 spiro atoms. The highest BCUT2D eigenvalue weighted by Gasteiger charge is 2.60. The summed E-state index contributed by atoms with van der Waals surface area (Å²) < 4.78 is 63.9. The highest BCUT2D eigenvalue weighted by atomic mass is 16.7. The van der Waals surface area contributed by atoms with Gasteiger partial charge in [0.25, 0.3) is 0 Å². The Balaban J connectivity index is 1.18. The van der Waals surface area contributed by atoms with Crippen molar-refractivity contribution in [1.29, 1.82) is 0 Å². The highest BCUT2D eigenvalue weighted by molar-refractivity contribution is 5.78. The largest absolute Gasteiger partial charge is 0.462 e. The summed E-state index contributed by atoms with van der Waals surface area (Å²) in [5, 5.41) is 34.2. The Morgan fingerprint density at radius 2 is 1.63 bits per heavy atom. The van der Waals surface area contributed by atoms with Gasteiger partial charge in [0.05, 0.1) is 49.3 Å². The molecule has 0 saturated carbocycles. The number of esters is 1. The lowest BCUT2D eigenvalue weighted by Crippen LogP contribution is -2.58. The van der Waals surface area contributed by atoms with E-state index in [2.05, 4.69) is 40.7 Å². The number of allylic oxidation sites excluding steroid dienone is 2. The monoisotopic (exact) mass is 875 g/mol. The Hall–Kier alpha value is -2.05. The topological polar surface area (TPSA) is 170 Å². The van der Waals surface area contributed by atoms with Gasteiger partial charge in [-0.15, -0.1) is 0 Å². The number of hydrogen-bond acceptors (Lipinski definition) is 14. The zero-order valence-electron chi connectivity index (χ0n) is 38.5. The molecule has 5 fully saturated rings. The zero-order chi connectivity index (χ0) is 44.7. The number of methoxy groups -OCH3 is 2. The highest BCUT2D eigenvalue weighted by Crippen LogP contribution is 2.48. The van der Waals surface area contributed by atoms with Gasteiger partial charge >= 0.3 is 5.97 Å². The molecule has 2 unspecified atom stereocenters. The first-order chi connectivity index (χ1) is 29.5. The van der Waals surface area contributed by atoms with Crippen LogP contribution in [0.1, 0.15) is 107 Å². The van der Waals surface area contributed by atoms with Gasteiger partial charge in [-0.05, 0) is 69.1 Å². The second-order valence-corrected chi connectivity index (χ2v) is 19.4. The second-order valence-electron chi connectivity index (χ2n) is 19.4. The van der Waals surface area contributed by atoms with Crippen molar-refractivity contribution in [2.24, 2.45) is 23.7 Å². The summed E-state index contributed by atoms with van der Waals surface area (Å²) in [4.78, 5) is 14.4. The lowest BCUT2D eigenvalue weighted by Gasteiger charge is -2.51. The number of aliphatic hydroxyl groups excluding tert-OH is 2. The summed E-state index contributed by atoms with van der Waals surface area (Å²) in [6.07, 6.45) is 6.53. The predicted octanol–water partition coefficient (Wildman–Crippen LogP) is 5.60. The molecule has 0 amide bonds. The third-order valence-corrected chi connectivity index (χ3v) is 14.9. The summed E-state index contributed by atoms with van der Waals surface area (Å²) >= 11 is 0. The van der Waals surface area contributed by atoms with Crippen molar-refractivity contribution in [3.63, 3.8) is 0 Å². The summed E-state index contributed by atoms with van der Waals surface area (Å²) in [6, 6.07) is 0. The maximum atomic E-state index is 14.4. The number of carbonyl (C=O) groups is 1. The molecule has 0 aromatic carbocycles. The maximum absolute atomic E-state index is 14.4. The molecule has 14 nitrogen and oxygen atoms in total. The van der Waals surface area contributed by atoms with Crippen molar-refractivity contribution in [2.45, 2.75) is 204 Å². The molecule has 6 aliphatic heterocycles. The average molecular weight is 875 g/mol. The number of hydrogen-bond donors (Lipinski definition) is 3. The minimum atomic E-state index is -1.82. The van der Waals surface area contributed by atoms with Crippen LogP contribution in [-0.2, 0) is 52.2 Å². The van der Waals surface area contributed by atoms with Crippen LogP contribution in [0.25, 0.3) is 0 Å². The van der Waals surface area contributed by atoms with Gasteiger partial charge < -0.3 is 62.7 Å². The lowest BCUT2D eigenvalue weighted by atomic mass is 9.71. The Morgan fingerprint density at radius 1 is 0.919 bits per heavy atom. The van der Waals surface area contributed by atoms with E-state index in [1.165, 1.54) is 0 Å². The van der Waals surface area contributed by atoms with E-state index in [0.717, 1.165) is 18.4 Å². The van der Waals surface area contributed by atoms with Crippen molar-refractivity contribution in [2.75, 3.05) is 20.8 Å². The van der Waals surface area contributed by atoms with E-state index in [4.69, 9.17) is 47.4 Å². The van der Waals surface area contributed by atoms with Gasteiger partial charge in [-0.2, -0.15) is 0 Å². The molecule has 20 atom stereocenters. The predicted molar refractivity (Wildman–Crippen MR) is 227 cm³/mol. The number of rotatable bonds is 8. The summed E-state index contributed by atoms with van der Waals surface area (Å²) in [7, 11) is 3.23. The third kappa shape index (κ3) is 9.73. The van der Waals surface area contributed by atoms with Crippen LogP contribution >= 0.6 is 0 Å². The molecular formula is C48H74O14. The van der Waals surface area contributed by atoms with Gasteiger partial charge in [0.2, 0.25) is 0 Å². The zero-order valence-corrected chi connectivity index (χ0v) is 38.5. The molecule has 7 rings (SSSR count). The molecule has 0 aromatic rings. The number of aliphatic hydroxyl groups is 3. The average Bonchev–Trinajstić information content (AvgIpc) is 3.58. The Kier molecular flexibility index (Phi) is 15.3. The van der Waals surface area contributed by atoms with Crippen molar-refractivity contribution in [1.82, 2.24) is 0 Å². The van der Waals surface area contributed by atoms with Crippen LogP contribution in [-0.4, -0.2) is 139 Å². The van der Waals surface area contributed by atoms with Crippen LogP contribution in [0.4, 0.5) is 0 Å². The van der Waals surface area contributed by atoms with E-state index in [1.54, 1.807) is 40.2 Å². The first kappa shape index (κ1) is 47.9. The van der Waals surface area contributed by atoms with Crippen LogP contribution in [0.15, 0.2) is 47.1 Å². The van der Waals surface area contributed by atoms with E-state index < -0.39 is 90.8 Å². The third-order valence-electron chi connectivity index (χ3n) is 14.9. The molecule has 62 heavy (non-hydrogen) atoms. The van der Waals surface area contributed by atoms with Crippen LogP contribution in [0.3, 0.4) is 0 Å². The fourth-order valence-corrected chi connectivity index (χ4v) is 11.0. The number of ether oxygens (including phenoxy) is 10. The van der Waals surface area contributed by atoms with Gasteiger partial charge in [0.1, 0.15) is 42.0 Å². The van der Waals surface area contributed by atoms with E-state index in [9.17, 15) is 20.1 Å². The minimum absolute atomic E-state index is 0.00708. The number of carbonyl (C=O) groups excluding carboxylic acids is 1. The van der Waals surface area contributed by atoms with Crippen molar-refractivity contribution in [3.05, 3.63) is 47.1 Å². The van der Waals surface area contributed by atoms with E-state index in [0.29, 0.717) is 61.5 Å². The van der Waals surface area contributed by atoms with Crippen molar-refractivity contribution >= 4 is 5.97 Å². The molecule has 2 bridgehead atoms. The minimum Gasteiger partial charge on any atom is -0.462 e. The molecule has 0 radical (unpaired) electrons. The standard InChI is InChI=1S/C48H74O14/c1-11-25(2)43-28(5)17-18-47(62-43)23-34-20-33(61-47)16-15-27(4)42(26(3)13-12-14-32-24-55-45-40(49)29(6)19-35(46(51)58-34)48(32,45)52)59-39-22-37(54-10)44(31(8)57-39)60-38-21-36(53-9)41(50)30(7)56-38/h12-15,19,25-26,28,30-31,33-45,49-50,52H,11,16-18,20-24H2,1-10H3/b13-12+,27-15+,32-14+/t25-,26-,28-,30-,31-,33+,34-,35?,36-,37-,38-,39-,40+,41-,42-,43?,44-,45+,47+,48+/m0/s1. The van der Waals surface area contributed by atoms with Crippen molar-refractivity contribution < 1.29 is 67.5 Å². The quantitative estimate of drug-likeness (QED) is 0.204. The molecule has 0 aromatic heterocycles. The van der Waals surface area contributed by atoms with Gasteiger partial charge in [-0.25, -0.2) is 0 Å². The van der Waals surface area contributed by atoms with Crippen LogP contribution in [0.5, 0.6) is 0 Å². The molecular weight excluding hydrogens is 801 g/mol. The summed E-state index contributed by atoms with van der Waals surface area (Å²) in [5.74, 6) is -2.10. The van der Waals surface area contributed by atoms with Gasteiger partial charge in [-0.1, -0.05) is 64.5 Å². The lowest BCUT2D eigenvalue weighted by molar-refractivity contribution is -0.340. The van der Waals surface area contributed by atoms with Crippen molar-refractivity contribution in [3.8, 4) is 0 Å². The Morgan fingerprint density at radius 3 is 2.35 bits per heavy atom. The van der Waals surface area contributed by atoms with E-state index in [-0.39, 0.29) is 30.8 Å². The maximum Gasteiger partial charge on any atom is 0.316 e. The second kappa shape index (κ2) is 19.8. The number of fused-ring (bicyclic) bond motifs is 2. The first-order valence-electron chi connectivity index (χ1n) is 23.2. The Labute approximate surface area is 368 Å². The summed E-state index contributed by atoms with van der Waals surface area (Å²) in [5.41, 5.74) is 0.188. The molecule has 5 saturated heterocycles. The van der Waals surface area contributed by atoms with Gasteiger partial charge in [0.15, 0.2) is 18.4 Å². The fraction of sp³-hybridized carbons (Fsp3) is 0.812. The Bertz CT molecular complexity index is 1680. The fourth-order valence-electron chi connectivity index (χ4n) is 11.0. The SMILES string of the molecule is CC[C@H](C)C1O[C@]2(CC[C@@H]1C)C[C@@H]1C[C@@H](C/C=C(\C)[C@@H](O[C@H]3C[C@H](OC)[C@@H](O[C@H]4C[C@H](OC)[C@@H](O)[C@H](C)O4)[C@H](C)O3)[C@@H](C)/C=C/C=C3\CO[C@@H]4[C@H](O)C(C)=CC(C(=O)O1)[C@]34O)O2. The van der Waals surface area contributed by atoms with Gasteiger partial charge in [-0.3, -0.25) is 4.79 Å². The molecule has 3 N–H and O–H groups in total.